The van der Waals surface area contributed by atoms with Crippen LogP contribution in [0.4, 0.5) is 0 Å². The van der Waals surface area contributed by atoms with Crippen molar-refractivity contribution in [2.45, 2.75) is 0 Å². The first kappa shape index (κ1) is 13.7. The van der Waals surface area contributed by atoms with Crippen LogP contribution in [0.2, 0.25) is 0 Å². The molecule has 1 aliphatic carbocycles. The summed E-state index contributed by atoms with van der Waals surface area (Å²) < 4.78 is 0. The smallest absolute Gasteiger partial charge is 0.204 e. The third-order valence-corrected chi connectivity index (χ3v) is 5.03. The molecule has 2 aromatic carbocycles. The lowest BCUT2D eigenvalue weighted by atomic mass is 9.88. The second-order valence-electron chi connectivity index (χ2n) is 5.26. The highest BCUT2D eigenvalue weighted by molar-refractivity contribution is 7.18. The van der Waals surface area contributed by atoms with E-state index >= 15 is 0 Å². The first-order valence-electron chi connectivity index (χ1n) is 6.91. The molecule has 4 nitrogen and oxygen atoms in total. The molecule has 0 radical (unpaired) electrons. The fourth-order valence-corrected chi connectivity index (χ4v) is 3.84. The van der Waals surface area contributed by atoms with Gasteiger partial charge in [-0.2, -0.15) is 0 Å². The predicted molar refractivity (Wildman–Crippen MR) is 86.4 cm³/mol. The Balaban J connectivity index is 1.90. The van der Waals surface area contributed by atoms with Gasteiger partial charge in [0.05, 0.1) is 10.4 Å². The van der Waals surface area contributed by atoms with Crippen LogP contribution in [-0.2, 0) is 0 Å². The van der Waals surface area contributed by atoms with Crippen LogP contribution in [0.5, 0.6) is 11.5 Å². The fourth-order valence-electron chi connectivity index (χ4n) is 2.72. The van der Waals surface area contributed by atoms with E-state index in [-0.39, 0.29) is 34.2 Å². The monoisotopic (exact) mass is 322 g/mol. The molecule has 0 spiro atoms. The van der Waals surface area contributed by atoms with Gasteiger partial charge in [-0.25, -0.2) is 0 Å². The van der Waals surface area contributed by atoms with Crippen molar-refractivity contribution >= 4 is 22.9 Å². The van der Waals surface area contributed by atoms with E-state index in [0.717, 1.165) is 10.4 Å². The average molecular weight is 322 g/mol. The quantitative estimate of drug-likeness (QED) is 0.561. The highest BCUT2D eigenvalue weighted by atomic mass is 32.1. The van der Waals surface area contributed by atoms with Crippen molar-refractivity contribution in [1.82, 2.24) is 0 Å². The molecule has 3 aromatic rings. The van der Waals surface area contributed by atoms with Gasteiger partial charge in [-0.1, -0.05) is 6.07 Å². The average Bonchev–Trinajstić information content (AvgIpc) is 2.99. The maximum absolute atomic E-state index is 12.6. The third kappa shape index (κ3) is 1.98. The summed E-state index contributed by atoms with van der Waals surface area (Å²) in [4.78, 5) is 26.4. The number of aromatic hydroxyl groups is 2. The molecule has 112 valence electrons. The Morgan fingerprint density at radius 1 is 0.826 bits per heavy atom. The van der Waals surface area contributed by atoms with Crippen LogP contribution in [0.15, 0.2) is 48.5 Å². The van der Waals surface area contributed by atoms with Gasteiger partial charge in [0.25, 0.3) is 0 Å². The predicted octanol–water partition coefficient (Wildman–Crippen LogP) is 3.60. The van der Waals surface area contributed by atoms with E-state index < -0.39 is 0 Å². The highest BCUT2D eigenvalue weighted by Gasteiger charge is 2.34. The minimum Gasteiger partial charge on any atom is -0.508 e. The molecule has 23 heavy (non-hydrogen) atoms. The van der Waals surface area contributed by atoms with E-state index in [1.807, 2.05) is 0 Å². The summed E-state index contributed by atoms with van der Waals surface area (Å²) in [7, 11) is 0. The molecule has 5 heteroatoms. The number of benzene rings is 2. The molecule has 4 rings (SSSR count). The number of rotatable bonds is 1. The molecule has 0 saturated heterocycles. The van der Waals surface area contributed by atoms with Gasteiger partial charge in [0, 0.05) is 16.0 Å². The van der Waals surface area contributed by atoms with Crippen LogP contribution in [-0.4, -0.2) is 21.8 Å². The lowest BCUT2D eigenvalue weighted by molar-refractivity contribution is 0.0980. The Morgan fingerprint density at radius 2 is 1.57 bits per heavy atom. The number of carbonyl (C=O) groups excluding carboxylic acids is 2. The number of phenolic OH excluding ortho intramolecular Hbond substituents is 2. The second kappa shape index (κ2) is 4.79. The van der Waals surface area contributed by atoms with Crippen molar-refractivity contribution in [1.29, 1.82) is 0 Å². The zero-order valence-corrected chi connectivity index (χ0v) is 12.6. The molecular weight excluding hydrogens is 312 g/mol. The number of hydrogen-bond acceptors (Lipinski definition) is 5. The van der Waals surface area contributed by atoms with Gasteiger partial charge >= 0.3 is 0 Å². The van der Waals surface area contributed by atoms with Crippen molar-refractivity contribution < 1.29 is 19.8 Å². The summed E-state index contributed by atoms with van der Waals surface area (Å²) in [6.45, 7) is 0. The van der Waals surface area contributed by atoms with E-state index in [1.54, 1.807) is 42.5 Å². The van der Waals surface area contributed by atoms with E-state index in [9.17, 15) is 19.8 Å². The zero-order chi connectivity index (χ0) is 16.1. The molecule has 2 N–H and O–H groups in total. The topological polar surface area (TPSA) is 74.6 Å². The Morgan fingerprint density at radius 3 is 2.30 bits per heavy atom. The molecular formula is C18H10O4S. The molecule has 1 aliphatic rings. The standard InChI is InChI=1S/C18H10O4S/c19-10-6-4-9(5-7-10)14-8-12-16(21)15-11(2-1-3-13(15)20)17(22)18(12)23-14/h1-8,19-20H. The SMILES string of the molecule is O=C1c2cccc(O)c2C(=O)c2cc(-c3ccc(O)cc3)sc21. The third-order valence-electron chi connectivity index (χ3n) is 3.85. The zero-order valence-electron chi connectivity index (χ0n) is 11.7. The van der Waals surface area contributed by atoms with Gasteiger partial charge in [0.2, 0.25) is 5.78 Å². The first-order valence-corrected chi connectivity index (χ1v) is 7.72. The van der Waals surface area contributed by atoms with Crippen molar-refractivity contribution in [2.75, 3.05) is 0 Å². The summed E-state index contributed by atoms with van der Waals surface area (Å²) in [6.07, 6.45) is 0. The normalized spacial score (nSPS) is 12.9. The van der Waals surface area contributed by atoms with Gasteiger partial charge in [0.15, 0.2) is 5.78 Å². The van der Waals surface area contributed by atoms with E-state index in [4.69, 9.17) is 0 Å². The van der Waals surface area contributed by atoms with Crippen LogP contribution in [0.25, 0.3) is 10.4 Å². The number of ketones is 2. The Kier molecular flexibility index (Phi) is 2.86. The highest BCUT2D eigenvalue weighted by Crippen LogP contribution is 2.40. The summed E-state index contributed by atoms with van der Waals surface area (Å²) >= 11 is 1.24. The van der Waals surface area contributed by atoms with E-state index in [0.29, 0.717) is 10.4 Å². The van der Waals surface area contributed by atoms with Crippen LogP contribution >= 0.6 is 11.3 Å². The molecule has 0 amide bonds. The summed E-state index contributed by atoms with van der Waals surface area (Å²) in [5, 5.41) is 19.3. The number of phenols is 2. The maximum Gasteiger partial charge on any atom is 0.204 e. The van der Waals surface area contributed by atoms with Crippen LogP contribution in [0.1, 0.15) is 31.2 Å². The molecule has 0 atom stereocenters. The molecule has 0 bridgehead atoms. The van der Waals surface area contributed by atoms with Crippen molar-refractivity contribution in [3.63, 3.8) is 0 Å². The minimum absolute atomic E-state index is 0.0695. The van der Waals surface area contributed by atoms with E-state index in [1.165, 1.54) is 17.4 Å². The van der Waals surface area contributed by atoms with Gasteiger partial charge in [-0.05, 0) is 48.0 Å². The van der Waals surface area contributed by atoms with Gasteiger partial charge < -0.3 is 10.2 Å². The fraction of sp³-hybridized carbons (Fsp3) is 0. The van der Waals surface area contributed by atoms with Crippen molar-refractivity contribution in [2.24, 2.45) is 0 Å². The number of thiophene rings is 1. The number of fused-ring (bicyclic) bond motifs is 2. The lowest BCUT2D eigenvalue weighted by Crippen LogP contribution is -2.18. The maximum atomic E-state index is 12.6. The molecule has 1 aromatic heterocycles. The summed E-state index contributed by atoms with van der Waals surface area (Å²) in [5.74, 6) is -0.613. The Bertz CT molecular complexity index is 967. The van der Waals surface area contributed by atoms with E-state index in [2.05, 4.69) is 0 Å². The van der Waals surface area contributed by atoms with Crippen molar-refractivity contribution in [3.8, 4) is 21.9 Å². The van der Waals surface area contributed by atoms with Crippen molar-refractivity contribution in [3.05, 3.63) is 70.1 Å². The second-order valence-corrected chi connectivity index (χ2v) is 6.31. The summed E-state index contributed by atoms with van der Waals surface area (Å²) in [5.41, 5.74) is 1.44. The molecule has 0 fully saturated rings. The molecule has 0 aliphatic heterocycles. The van der Waals surface area contributed by atoms with Gasteiger partial charge in [0.1, 0.15) is 11.5 Å². The van der Waals surface area contributed by atoms with Gasteiger partial charge in [-0.3, -0.25) is 9.59 Å². The molecule has 1 heterocycles. The number of carbonyl (C=O) groups is 2. The minimum atomic E-state index is -0.339. The molecule has 0 unspecified atom stereocenters. The number of hydrogen-bond donors (Lipinski definition) is 2. The Labute approximate surface area is 135 Å². The van der Waals surface area contributed by atoms with Crippen LogP contribution in [0, 0.1) is 0 Å². The van der Waals surface area contributed by atoms with Crippen LogP contribution < -0.4 is 0 Å². The Hall–Kier alpha value is -2.92. The van der Waals surface area contributed by atoms with Crippen LogP contribution in [0.3, 0.4) is 0 Å². The largest absolute Gasteiger partial charge is 0.508 e. The lowest BCUT2D eigenvalue weighted by Gasteiger charge is -2.14. The first-order chi connectivity index (χ1) is 11.1. The van der Waals surface area contributed by atoms with Gasteiger partial charge in [-0.15, -0.1) is 11.3 Å². The molecule has 0 saturated carbocycles. The summed E-state index contributed by atoms with van der Waals surface area (Å²) in [6, 6.07) is 12.7.